The van der Waals surface area contributed by atoms with E-state index in [1.807, 2.05) is 0 Å². The van der Waals surface area contributed by atoms with E-state index in [1.54, 1.807) is 5.57 Å². The van der Waals surface area contributed by atoms with Crippen LogP contribution >= 0.6 is 0 Å². The first-order chi connectivity index (χ1) is 19.1. The lowest BCUT2D eigenvalue weighted by atomic mass is 9.47. The fourth-order valence-electron chi connectivity index (χ4n) is 9.85. The van der Waals surface area contributed by atoms with Crippen LogP contribution in [0.15, 0.2) is 11.6 Å². The summed E-state index contributed by atoms with van der Waals surface area (Å²) in [6.07, 6.45) is 17.7. The molecule has 4 aliphatic carbocycles. The Hall–Kier alpha value is -1.11. The predicted molar refractivity (Wildman–Crippen MR) is 166 cm³/mol. The van der Waals surface area contributed by atoms with Crippen LogP contribution in [-0.2, 0) is 4.74 Å². The Labute approximate surface area is 245 Å². The molecule has 0 saturated heterocycles. The quantitative estimate of drug-likeness (QED) is 0.114. The number of hydrogen-bond acceptors (Lipinski definition) is 5. The van der Waals surface area contributed by atoms with Crippen molar-refractivity contribution in [3.63, 3.8) is 0 Å². The molecule has 230 valence electrons. The van der Waals surface area contributed by atoms with E-state index in [1.165, 1.54) is 51.4 Å². The number of alkyl carbamates (subject to hydrolysis) is 1. The van der Waals surface area contributed by atoms with Gasteiger partial charge in [-0.05, 0) is 124 Å². The van der Waals surface area contributed by atoms with Crippen molar-refractivity contribution in [2.75, 3.05) is 19.6 Å². The number of fused-ring (bicyclic) bond motifs is 5. The molecule has 0 aliphatic heterocycles. The zero-order chi connectivity index (χ0) is 28.9. The Balaban J connectivity index is 1.35. The van der Waals surface area contributed by atoms with Gasteiger partial charge in [-0.3, -0.25) is 5.32 Å². The lowest BCUT2D eigenvalue weighted by Gasteiger charge is -2.58. The van der Waals surface area contributed by atoms with E-state index in [4.69, 9.17) is 16.2 Å². The van der Waals surface area contributed by atoms with Crippen LogP contribution in [0, 0.1) is 46.3 Å². The van der Waals surface area contributed by atoms with Gasteiger partial charge in [0.25, 0.3) is 0 Å². The van der Waals surface area contributed by atoms with Gasteiger partial charge in [0.15, 0.2) is 0 Å². The summed E-state index contributed by atoms with van der Waals surface area (Å²) in [5, 5.41) is 6.33. The van der Waals surface area contributed by atoms with Crippen LogP contribution in [0.5, 0.6) is 0 Å². The van der Waals surface area contributed by atoms with Crippen molar-refractivity contribution in [2.45, 2.75) is 130 Å². The normalized spacial score (nSPS) is 36.7. The maximum atomic E-state index is 12.8. The van der Waals surface area contributed by atoms with Crippen LogP contribution in [-0.4, -0.2) is 38.0 Å². The molecule has 1 amide bonds. The minimum Gasteiger partial charge on any atom is -0.446 e. The molecule has 40 heavy (non-hydrogen) atoms. The van der Waals surface area contributed by atoms with Gasteiger partial charge in [0.2, 0.25) is 0 Å². The van der Waals surface area contributed by atoms with Crippen LogP contribution in [0.25, 0.3) is 0 Å². The largest absolute Gasteiger partial charge is 0.446 e. The standard InChI is InChI=1S/C34H62N4O2/c1-23(2)8-6-9-24(3)28-12-13-29-27-11-10-25-22-26(14-17-33(25,4)30(27)15-18-34(28,29)5)40-32(39)38-31(16-20-36)37-21-7-19-35/h10,23-24,26-31,37H,6-9,11-22,35-36H2,1-5H3,(H,38,39)/t24-,26+,27+,28-,29+,30+,31?,33+,34-/m1/s1. The number of nitrogens with one attached hydrogen (secondary N) is 2. The third kappa shape index (κ3) is 6.92. The van der Waals surface area contributed by atoms with Gasteiger partial charge in [0.1, 0.15) is 6.10 Å². The van der Waals surface area contributed by atoms with Crippen molar-refractivity contribution in [3.05, 3.63) is 11.6 Å². The highest BCUT2D eigenvalue weighted by Crippen LogP contribution is 2.67. The van der Waals surface area contributed by atoms with E-state index >= 15 is 0 Å². The Morgan fingerprint density at radius 1 is 1.00 bits per heavy atom. The molecule has 0 aromatic heterocycles. The second-order valence-electron chi connectivity index (χ2n) is 14.9. The van der Waals surface area contributed by atoms with Gasteiger partial charge in [-0.2, -0.15) is 0 Å². The second kappa shape index (κ2) is 13.9. The topological polar surface area (TPSA) is 102 Å². The molecule has 6 nitrogen and oxygen atoms in total. The third-order valence-corrected chi connectivity index (χ3v) is 12.1. The summed E-state index contributed by atoms with van der Waals surface area (Å²) in [7, 11) is 0. The fourth-order valence-corrected chi connectivity index (χ4v) is 9.85. The predicted octanol–water partition coefficient (Wildman–Crippen LogP) is 6.74. The first kappa shape index (κ1) is 31.8. The van der Waals surface area contributed by atoms with E-state index < -0.39 is 0 Å². The molecule has 6 heteroatoms. The molecule has 1 unspecified atom stereocenters. The summed E-state index contributed by atoms with van der Waals surface area (Å²) >= 11 is 0. The summed E-state index contributed by atoms with van der Waals surface area (Å²) in [5.74, 6) is 5.08. The second-order valence-corrected chi connectivity index (χ2v) is 14.9. The Kier molecular flexibility index (Phi) is 11.1. The molecule has 0 heterocycles. The Morgan fingerprint density at radius 3 is 2.52 bits per heavy atom. The van der Waals surface area contributed by atoms with E-state index in [0.717, 1.165) is 67.7 Å². The number of allylic oxidation sites excluding steroid dienone is 1. The number of rotatable bonds is 13. The Bertz CT molecular complexity index is 861. The number of carbonyl (C=O) groups excluding carboxylic acids is 1. The SMILES string of the molecule is CC(C)CCC[C@@H](C)[C@H]1CC[C@H]2[C@@H]3CC=C4C[C@@H](OC(=O)NC(CCN)NCCCN)CC[C@]4(C)[C@H]3CC[C@]12C. The van der Waals surface area contributed by atoms with Gasteiger partial charge in [0, 0.05) is 6.42 Å². The average molecular weight is 559 g/mol. The molecule has 4 aliphatic rings. The maximum Gasteiger partial charge on any atom is 0.408 e. The molecule has 0 radical (unpaired) electrons. The van der Waals surface area contributed by atoms with E-state index in [-0.39, 0.29) is 23.8 Å². The minimum atomic E-state index is -0.325. The van der Waals surface area contributed by atoms with Crippen molar-refractivity contribution >= 4 is 6.09 Å². The molecule has 6 N–H and O–H groups in total. The highest BCUT2D eigenvalue weighted by Gasteiger charge is 2.59. The molecular formula is C34H62N4O2. The Morgan fingerprint density at radius 2 is 1.80 bits per heavy atom. The zero-order valence-electron chi connectivity index (χ0n) is 26.5. The highest BCUT2D eigenvalue weighted by molar-refractivity contribution is 5.67. The van der Waals surface area contributed by atoms with Gasteiger partial charge >= 0.3 is 6.09 Å². The summed E-state index contributed by atoms with van der Waals surface area (Å²) in [4.78, 5) is 12.8. The van der Waals surface area contributed by atoms with Gasteiger partial charge < -0.3 is 21.5 Å². The summed E-state index contributed by atoms with van der Waals surface area (Å²) < 4.78 is 5.98. The lowest BCUT2D eigenvalue weighted by molar-refractivity contribution is -0.0582. The van der Waals surface area contributed by atoms with Crippen LogP contribution in [0.4, 0.5) is 4.79 Å². The van der Waals surface area contributed by atoms with Crippen molar-refractivity contribution in [2.24, 2.45) is 57.8 Å². The van der Waals surface area contributed by atoms with Crippen molar-refractivity contribution in [1.82, 2.24) is 10.6 Å². The third-order valence-electron chi connectivity index (χ3n) is 12.1. The highest BCUT2D eigenvalue weighted by atomic mass is 16.6. The molecule has 9 atom stereocenters. The molecule has 0 bridgehead atoms. The van der Waals surface area contributed by atoms with Gasteiger partial charge in [-0.15, -0.1) is 0 Å². The van der Waals surface area contributed by atoms with Crippen LogP contribution in [0.1, 0.15) is 118 Å². The smallest absolute Gasteiger partial charge is 0.408 e. The van der Waals surface area contributed by atoms with E-state index in [2.05, 4.69) is 51.3 Å². The van der Waals surface area contributed by atoms with Crippen molar-refractivity contribution < 1.29 is 9.53 Å². The number of hydrogen-bond donors (Lipinski definition) is 4. The van der Waals surface area contributed by atoms with Gasteiger partial charge in [0.05, 0.1) is 6.17 Å². The number of ether oxygens (including phenoxy) is 1. The zero-order valence-corrected chi connectivity index (χ0v) is 26.5. The molecule has 0 aromatic carbocycles. The van der Waals surface area contributed by atoms with E-state index in [9.17, 15) is 4.79 Å². The molecule has 4 rings (SSSR count). The lowest BCUT2D eigenvalue weighted by Crippen LogP contribution is -2.51. The maximum absolute atomic E-state index is 12.8. The van der Waals surface area contributed by atoms with Crippen molar-refractivity contribution in [1.29, 1.82) is 0 Å². The first-order valence-electron chi connectivity index (χ1n) is 16.9. The number of nitrogens with two attached hydrogens (primary N) is 2. The molecule has 3 fully saturated rings. The minimum absolute atomic E-state index is 0.0325. The van der Waals surface area contributed by atoms with Gasteiger partial charge in [-0.25, -0.2) is 4.79 Å². The number of carbonyl (C=O) groups is 1. The van der Waals surface area contributed by atoms with Gasteiger partial charge in [-0.1, -0.05) is 65.5 Å². The molecular weight excluding hydrogens is 496 g/mol. The van der Waals surface area contributed by atoms with E-state index in [0.29, 0.717) is 24.9 Å². The van der Waals surface area contributed by atoms with Crippen LogP contribution in [0.2, 0.25) is 0 Å². The fraction of sp³-hybridized carbons (Fsp3) is 0.912. The molecule has 3 saturated carbocycles. The summed E-state index contributed by atoms with van der Waals surface area (Å²) in [5.41, 5.74) is 13.7. The molecule has 0 aromatic rings. The molecule has 0 spiro atoms. The van der Waals surface area contributed by atoms with Crippen LogP contribution in [0.3, 0.4) is 0 Å². The van der Waals surface area contributed by atoms with Crippen molar-refractivity contribution in [3.8, 4) is 0 Å². The summed E-state index contributed by atoms with van der Waals surface area (Å²) in [6, 6.07) is 0. The van der Waals surface area contributed by atoms with Crippen LogP contribution < -0.4 is 22.1 Å². The summed E-state index contributed by atoms with van der Waals surface area (Å²) in [6.45, 7) is 14.4. The number of amides is 1. The first-order valence-corrected chi connectivity index (χ1v) is 16.9. The monoisotopic (exact) mass is 558 g/mol. The average Bonchev–Trinajstić information content (AvgIpc) is 3.26.